The maximum Gasteiger partial charge on any atom is 0.0606 e. The lowest BCUT2D eigenvalue weighted by Crippen LogP contribution is -2.26. The lowest BCUT2D eigenvalue weighted by molar-refractivity contribution is 0.500. The van der Waals surface area contributed by atoms with Gasteiger partial charge in [-0.1, -0.05) is 13.0 Å². The Balaban J connectivity index is 2.24. The molecular weight excluding hydrogens is 248 g/mol. The summed E-state index contributed by atoms with van der Waals surface area (Å²) in [5, 5.41) is 8.04. The van der Waals surface area contributed by atoms with Crippen molar-refractivity contribution in [2.24, 2.45) is 7.05 Å². The van der Waals surface area contributed by atoms with Crippen molar-refractivity contribution in [1.29, 1.82) is 0 Å². The van der Waals surface area contributed by atoms with Gasteiger partial charge in [-0.25, -0.2) is 0 Å². The summed E-state index contributed by atoms with van der Waals surface area (Å²) in [6.07, 6.45) is 3.90. The van der Waals surface area contributed by atoms with Crippen molar-refractivity contribution in [3.05, 3.63) is 47.0 Å². The van der Waals surface area contributed by atoms with Crippen molar-refractivity contribution < 1.29 is 0 Å². The molecule has 2 aromatic rings. The van der Waals surface area contributed by atoms with E-state index in [4.69, 9.17) is 0 Å². The SMILES string of the molecule is CCCNC(Cc1cc(C)nn1C)c1ncccc1C. The van der Waals surface area contributed by atoms with E-state index in [0.29, 0.717) is 0 Å². The molecule has 1 N–H and O–H groups in total. The highest BCUT2D eigenvalue weighted by Gasteiger charge is 2.17. The van der Waals surface area contributed by atoms with Gasteiger partial charge in [-0.3, -0.25) is 9.67 Å². The molecule has 2 rings (SSSR count). The highest BCUT2D eigenvalue weighted by molar-refractivity contribution is 5.23. The summed E-state index contributed by atoms with van der Waals surface area (Å²) >= 11 is 0. The van der Waals surface area contributed by atoms with Gasteiger partial charge >= 0.3 is 0 Å². The summed E-state index contributed by atoms with van der Waals surface area (Å²) in [7, 11) is 2.00. The molecule has 0 aliphatic carbocycles. The van der Waals surface area contributed by atoms with Gasteiger partial charge < -0.3 is 5.32 Å². The minimum Gasteiger partial charge on any atom is -0.308 e. The molecule has 0 aromatic carbocycles. The first kappa shape index (κ1) is 14.7. The van der Waals surface area contributed by atoms with E-state index in [-0.39, 0.29) is 6.04 Å². The standard InChI is InChI=1S/C16H24N4/c1-5-8-17-15(16-12(2)7-6-9-18-16)11-14-10-13(3)19-20(14)4/h6-7,9-10,15,17H,5,8,11H2,1-4H3. The summed E-state index contributed by atoms with van der Waals surface area (Å²) in [6, 6.07) is 6.51. The topological polar surface area (TPSA) is 42.7 Å². The van der Waals surface area contributed by atoms with Gasteiger partial charge in [0.25, 0.3) is 0 Å². The highest BCUT2D eigenvalue weighted by atomic mass is 15.3. The number of rotatable bonds is 6. The van der Waals surface area contributed by atoms with E-state index in [9.17, 15) is 0 Å². The zero-order valence-electron chi connectivity index (χ0n) is 12.8. The van der Waals surface area contributed by atoms with Crippen LogP contribution in [0.2, 0.25) is 0 Å². The van der Waals surface area contributed by atoms with Crippen LogP contribution in [-0.2, 0) is 13.5 Å². The lowest BCUT2D eigenvalue weighted by Gasteiger charge is -2.19. The van der Waals surface area contributed by atoms with Crippen LogP contribution < -0.4 is 5.32 Å². The Kier molecular flexibility index (Phi) is 4.90. The van der Waals surface area contributed by atoms with Gasteiger partial charge in [0, 0.05) is 25.4 Å². The predicted molar refractivity (Wildman–Crippen MR) is 81.7 cm³/mol. The van der Waals surface area contributed by atoms with Crippen LogP contribution in [0.15, 0.2) is 24.4 Å². The fourth-order valence-electron chi connectivity index (χ4n) is 2.51. The third-order valence-electron chi connectivity index (χ3n) is 3.53. The summed E-state index contributed by atoms with van der Waals surface area (Å²) < 4.78 is 1.97. The van der Waals surface area contributed by atoms with Crippen molar-refractivity contribution in [3.63, 3.8) is 0 Å². The van der Waals surface area contributed by atoms with Crippen molar-refractivity contribution in [2.45, 2.75) is 39.7 Å². The average Bonchev–Trinajstić information content (AvgIpc) is 2.73. The second kappa shape index (κ2) is 6.66. The van der Waals surface area contributed by atoms with Crippen LogP contribution in [-0.4, -0.2) is 21.3 Å². The van der Waals surface area contributed by atoms with E-state index >= 15 is 0 Å². The number of hydrogen-bond acceptors (Lipinski definition) is 3. The Hall–Kier alpha value is -1.68. The molecule has 0 saturated carbocycles. The Morgan fingerprint density at radius 3 is 2.75 bits per heavy atom. The maximum atomic E-state index is 4.57. The van der Waals surface area contributed by atoms with E-state index in [0.717, 1.165) is 30.8 Å². The minimum atomic E-state index is 0.242. The number of aromatic nitrogens is 3. The van der Waals surface area contributed by atoms with Crippen LogP contribution in [0.3, 0.4) is 0 Å². The number of aryl methyl sites for hydroxylation is 3. The second-order valence-electron chi connectivity index (χ2n) is 5.32. The number of hydrogen-bond donors (Lipinski definition) is 1. The molecule has 108 valence electrons. The number of nitrogens with one attached hydrogen (secondary N) is 1. The molecule has 4 heteroatoms. The Morgan fingerprint density at radius 2 is 2.15 bits per heavy atom. The second-order valence-corrected chi connectivity index (χ2v) is 5.32. The van der Waals surface area contributed by atoms with Gasteiger partial charge in [0.2, 0.25) is 0 Å². The van der Waals surface area contributed by atoms with Gasteiger partial charge in [0.1, 0.15) is 0 Å². The zero-order chi connectivity index (χ0) is 14.5. The first-order chi connectivity index (χ1) is 9.61. The Morgan fingerprint density at radius 1 is 1.35 bits per heavy atom. The predicted octanol–water partition coefficient (Wildman–Crippen LogP) is 2.72. The normalized spacial score (nSPS) is 12.6. The third-order valence-corrected chi connectivity index (χ3v) is 3.53. The molecule has 0 radical (unpaired) electrons. The summed E-state index contributed by atoms with van der Waals surface area (Å²) in [5.41, 5.74) is 4.68. The first-order valence-corrected chi connectivity index (χ1v) is 7.26. The molecule has 0 bridgehead atoms. The number of pyridine rings is 1. The van der Waals surface area contributed by atoms with Crippen molar-refractivity contribution in [3.8, 4) is 0 Å². The molecule has 2 heterocycles. The summed E-state index contributed by atoms with van der Waals surface area (Å²) in [4.78, 5) is 4.57. The summed E-state index contributed by atoms with van der Waals surface area (Å²) in [6.45, 7) is 7.34. The lowest BCUT2D eigenvalue weighted by atomic mass is 10.0. The third kappa shape index (κ3) is 3.45. The molecular formula is C16H24N4. The van der Waals surface area contributed by atoms with Crippen molar-refractivity contribution >= 4 is 0 Å². The van der Waals surface area contributed by atoms with Crippen LogP contribution in [0, 0.1) is 13.8 Å². The van der Waals surface area contributed by atoms with E-state index in [2.05, 4.69) is 41.4 Å². The molecule has 1 unspecified atom stereocenters. The van der Waals surface area contributed by atoms with E-state index < -0.39 is 0 Å². The molecule has 4 nitrogen and oxygen atoms in total. The van der Waals surface area contributed by atoms with Crippen LogP contribution in [0.1, 0.15) is 42.0 Å². The van der Waals surface area contributed by atoms with E-state index in [1.54, 1.807) is 0 Å². The molecule has 0 aliphatic heterocycles. The van der Waals surface area contributed by atoms with Gasteiger partial charge in [-0.2, -0.15) is 5.10 Å². The largest absolute Gasteiger partial charge is 0.308 e. The van der Waals surface area contributed by atoms with Gasteiger partial charge in [0.05, 0.1) is 17.4 Å². The Labute approximate surface area is 121 Å². The molecule has 0 amide bonds. The minimum absolute atomic E-state index is 0.242. The van der Waals surface area contributed by atoms with E-state index in [1.807, 2.05) is 30.9 Å². The molecule has 2 aromatic heterocycles. The molecule has 20 heavy (non-hydrogen) atoms. The van der Waals surface area contributed by atoms with Crippen LogP contribution in [0.5, 0.6) is 0 Å². The van der Waals surface area contributed by atoms with Gasteiger partial charge in [-0.05, 0) is 44.5 Å². The smallest absolute Gasteiger partial charge is 0.0606 e. The first-order valence-electron chi connectivity index (χ1n) is 7.26. The maximum absolute atomic E-state index is 4.57. The number of nitrogens with zero attached hydrogens (tertiary/aromatic N) is 3. The van der Waals surface area contributed by atoms with Crippen molar-refractivity contribution in [2.75, 3.05) is 6.54 Å². The highest BCUT2D eigenvalue weighted by Crippen LogP contribution is 2.20. The quantitative estimate of drug-likeness (QED) is 0.879. The molecule has 0 aliphatic rings. The van der Waals surface area contributed by atoms with Gasteiger partial charge in [0.15, 0.2) is 0 Å². The van der Waals surface area contributed by atoms with Gasteiger partial charge in [-0.15, -0.1) is 0 Å². The summed E-state index contributed by atoms with van der Waals surface area (Å²) in [5.74, 6) is 0. The Bertz CT molecular complexity index is 559. The monoisotopic (exact) mass is 272 g/mol. The molecule has 0 fully saturated rings. The average molecular weight is 272 g/mol. The fraction of sp³-hybridized carbons (Fsp3) is 0.500. The molecule has 0 saturated heterocycles. The van der Waals surface area contributed by atoms with Crippen molar-refractivity contribution in [1.82, 2.24) is 20.1 Å². The molecule has 0 spiro atoms. The zero-order valence-corrected chi connectivity index (χ0v) is 12.8. The fourth-order valence-corrected chi connectivity index (χ4v) is 2.51. The van der Waals surface area contributed by atoms with E-state index in [1.165, 1.54) is 11.3 Å². The van der Waals surface area contributed by atoms with Crippen LogP contribution >= 0.6 is 0 Å². The van der Waals surface area contributed by atoms with Crippen LogP contribution in [0.25, 0.3) is 0 Å². The van der Waals surface area contributed by atoms with Crippen LogP contribution in [0.4, 0.5) is 0 Å². The molecule has 1 atom stereocenters.